The van der Waals surface area contributed by atoms with Gasteiger partial charge in [0.05, 0.1) is 18.8 Å². The van der Waals surface area contributed by atoms with Crippen LogP contribution in [0.2, 0.25) is 0 Å². The van der Waals surface area contributed by atoms with Gasteiger partial charge in [0.2, 0.25) is 0 Å². The van der Waals surface area contributed by atoms with Crippen LogP contribution in [0.3, 0.4) is 0 Å². The normalized spacial score (nSPS) is 12.5. The third kappa shape index (κ3) is 9.40. The van der Waals surface area contributed by atoms with Gasteiger partial charge in [-0.15, -0.1) is 0 Å². The standard InChI is InChI=1S/C19H29BrO4/c1-18(2,3)12-23-16(24-13-19(4,5)6)11-22-17(21)14-7-9-15(20)10-8-14/h7-10,16H,11-13H2,1-6H3. The summed E-state index contributed by atoms with van der Waals surface area (Å²) in [6, 6.07) is 7.04. The maximum Gasteiger partial charge on any atom is 0.338 e. The number of hydrogen-bond acceptors (Lipinski definition) is 4. The van der Waals surface area contributed by atoms with Crippen LogP contribution in [0.5, 0.6) is 0 Å². The van der Waals surface area contributed by atoms with Crippen molar-refractivity contribution >= 4 is 21.9 Å². The molecule has 0 radical (unpaired) electrons. The Balaban J connectivity index is 2.59. The SMILES string of the molecule is CC(C)(C)COC(COC(=O)c1ccc(Br)cc1)OCC(C)(C)C. The van der Waals surface area contributed by atoms with Gasteiger partial charge >= 0.3 is 5.97 Å². The molecule has 0 bridgehead atoms. The number of carbonyl (C=O) groups is 1. The molecule has 5 heteroatoms. The molecule has 0 aliphatic heterocycles. The minimum Gasteiger partial charge on any atom is -0.457 e. The molecule has 0 unspecified atom stereocenters. The van der Waals surface area contributed by atoms with Crippen LogP contribution in [0.15, 0.2) is 28.7 Å². The summed E-state index contributed by atoms with van der Waals surface area (Å²) in [6.07, 6.45) is -0.567. The van der Waals surface area contributed by atoms with Gasteiger partial charge in [0.1, 0.15) is 6.61 Å². The first-order valence-corrected chi connectivity index (χ1v) is 8.91. The van der Waals surface area contributed by atoms with Crippen LogP contribution in [0.1, 0.15) is 51.9 Å². The predicted molar refractivity (Wildman–Crippen MR) is 99.0 cm³/mol. The molecule has 1 aromatic carbocycles. The third-order valence-corrected chi connectivity index (χ3v) is 3.36. The molecule has 136 valence electrons. The minimum absolute atomic E-state index is 0.0130. The molecule has 0 aliphatic carbocycles. The highest BCUT2D eigenvalue weighted by molar-refractivity contribution is 9.10. The van der Waals surface area contributed by atoms with E-state index in [2.05, 4.69) is 57.5 Å². The van der Waals surface area contributed by atoms with E-state index in [1.165, 1.54) is 0 Å². The van der Waals surface area contributed by atoms with Crippen LogP contribution in [-0.4, -0.2) is 32.1 Å². The topological polar surface area (TPSA) is 44.8 Å². The van der Waals surface area contributed by atoms with Crippen molar-refractivity contribution in [3.05, 3.63) is 34.3 Å². The fourth-order valence-electron chi connectivity index (χ4n) is 1.64. The van der Waals surface area contributed by atoms with Gasteiger partial charge in [-0.05, 0) is 35.1 Å². The molecule has 4 nitrogen and oxygen atoms in total. The highest BCUT2D eigenvalue weighted by Crippen LogP contribution is 2.18. The van der Waals surface area contributed by atoms with Crippen LogP contribution in [0.4, 0.5) is 0 Å². The molecule has 0 saturated heterocycles. The third-order valence-electron chi connectivity index (χ3n) is 2.83. The van der Waals surface area contributed by atoms with Crippen LogP contribution < -0.4 is 0 Å². The summed E-state index contributed by atoms with van der Waals surface area (Å²) in [6.45, 7) is 13.6. The van der Waals surface area contributed by atoms with Gasteiger partial charge in [-0.25, -0.2) is 4.79 Å². The largest absolute Gasteiger partial charge is 0.457 e. The van der Waals surface area contributed by atoms with Crippen LogP contribution in [0.25, 0.3) is 0 Å². The molecule has 0 fully saturated rings. The molecule has 0 aliphatic rings. The second kappa shape index (κ2) is 8.97. The first kappa shape index (κ1) is 21.1. The summed E-state index contributed by atoms with van der Waals surface area (Å²) >= 11 is 3.34. The average Bonchev–Trinajstić information content (AvgIpc) is 2.44. The fraction of sp³-hybridized carbons (Fsp3) is 0.632. The van der Waals surface area contributed by atoms with Crippen molar-refractivity contribution in [3.8, 4) is 0 Å². The molecule has 1 rings (SSSR count). The summed E-state index contributed by atoms with van der Waals surface area (Å²) in [5, 5.41) is 0. The Morgan fingerprint density at radius 1 is 0.958 bits per heavy atom. The lowest BCUT2D eigenvalue weighted by Gasteiger charge is -2.27. The molecule has 0 N–H and O–H groups in total. The fourth-order valence-corrected chi connectivity index (χ4v) is 1.91. The zero-order valence-electron chi connectivity index (χ0n) is 15.5. The monoisotopic (exact) mass is 400 g/mol. The lowest BCUT2D eigenvalue weighted by molar-refractivity contribution is -0.186. The molecule has 0 spiro atoms. The number of rotatable bonds is 7. The summed E-state index contributed by atoms with van der Waals surface area (Å²) in [5.74, 6) is -0.383. The van der Waals surface area contributed by atoms with Gasteiger partial charge in [0, 0.05) is 4.47 Å². The van der Waals surface area contributed by atoms with E-state index >= 15 is 0 Å². The van der Waals surface area contributed by atoms with Crippen molar-refractivity contribution in [3.63, 3.8) is 0 Å². The van der Waals surface area contributed by atoms with E-state index in [0.29, 0.717) is 18.8 Å². The van der Waals surface area contributed by atoms with E-state index in [0.717, 1.165) is 4.47 Å². The van der Waals surface area contributed by atoms with Crippen molar-refractivity contribution in [2.75, 3.05) is 19.8 Å². The Bertz CT molecular complexity index is 494. The maximum atomic E-state index is 12.1. The van der Waals surface area contributed by atoms with Crippen molar-refractivity contribution in [1.29, 1.82) is 0 Å². The quantitative estimate of drug-likeness (QED) is 0.473. The maximum absolute atomic E-state index is 12.1. The smallest absolute Gasteiger partial charge is 0.338 e. The Hall–Kier alpha value is -0.910. The summed E-state index contributed by atoms with van der Waals surface area (Å²) < 4.78 is 17.9. The highest BCUT2D eigenvalue weighted by Gasteiger charge is 2.21. The summed E-state index contributed by atoms with van der Waals surface area (Å²) in [4.78, 5) is 12.1. The Morgan fingerprint density at radius 3 is 1.83 bits per heavy atom. The molecule has 24 heavy (non-hydrogen) atoms. The van der Waals surface area contributed by atoms with E-state index in [-0.39, 0.29) is 23.4 Å². The molecule has 0 atom stereocenters. The van der Waals surface area contributed by atoms with Gasteiger partial charge in [-0.3, -0.25) is 0 Å². The minimum atomic E-state index is -0.567. The van der Waals surface area contributed by atoms with Crippen molar-refractivity contribution in [1.82, 2.24) is 0 Å². The molecule has 0 saturated carbocycles. The van der Waals surface area contributed by atoms with E-state index in [9.17, 15) is 4.79 Å². The van der Waals surface area contributed by atoms with Gasteiger partial charge in [-0.2, -0.15) is 0 Å². The number of ether oxygens (including phenoxy) is 3. The number of halogens is 1. The van der Waals surface area contributed by atoms with Crippen molar-refractivity contribution < 1.29 is 19.0 Å². The zero-order chi connectivity index (χ0) is 18.4. The van der Waals surface area contributed by atoms with E-state index in [1.807, 2.05) is 0 Å². The Kier molecular flexibility index (Phi) is 7.90. The average molecular weight is 401 g/mol. The lowest BCUT2D eigenvalue weighted by atomic mass is 9.98. The van der Waals surface area contributed by atoms with E-state index < -0.39 is 6.29 Å². The van der Waals surface area contributed by atoms with E-state index in [4.69, 9.17) is 14.2 Å². The first-order chi connectivity index (χ1) is 11.0. The Morgan fingerprint density at radius 2 is 1.42 bits per heavy atom. The van der Waals surface area contributed by atoms with Crippen LogP contribution in [0, 0.1) is 10.8 Å². The molecular formula is C19H29BrO4. The van der Waals surface area contributed by atoms with Gasteiger partial charge < -0.3 is 14.2 Å². The molecule has 1 aromatic rings. The van der Waals surface area contributed by atoms with E-state index in [1.54, 1.807) is 24.3 Å². The summed E-state index contributed by atoms with van der Waals surface area (Å²) in [5.41, 5.74) is 0.529. The predicted octanol–water partition coefficient (Wildman–Crippen LogP) is 5.06. The Labute approximate surface area is 154 Å². The van der Waals surface area contributed by atoms with Crippen LogP contribution >= 0.6 is 15.9 Å². The number of esters is 1. The lowest BCUT2D eigenvalue weighted by Crippen LogP contribution is -2.32. The van der Waals surface area contributed by atoms with Crippen molar-refractivity contribution in [2.45, 2.75) is 47.8 Å². The first-order valence-electron chi connectivity index (χ1n) is 8.12. The number of hydrogen-bond donors (Lipinski definition) is 0. The number of benzene rings is 1. The number of carbonyl (C=O) groups excluding carboxylic acids is 1. The zero-order valence-corrected chi connectivity index (χ0v) is 17.1. The van der Waals surface area contributed by atoms with Crippen LogP contribution in [-0.2, 0) is 14.2 Å². The molecule has 0 aromatic heterocycles. The van der Waals surface area contributed by atoms with Crippen molar-refractivity contribution in [2.24, 2.45) is 10.8 Å². The van der Waals surface area contributed by atoms with Gasteiger partial charge in [0.25, 0.3) is 0 Å². The summed E-state index contributed by atoms with van der Waals surface area (Å²) in [7, 11) is 0. The molecular weight excluding hydrogens is 372 g/mol. The molecule has 0 amide bonds. The van der Waals surface area contributed by atoms with Gasteiger partial charge in [0.15, 0.2) is 6.29 Å². The molecule has 0 heterocycles. The van der Waals surface area contributed by atoms with Gasteiger partial charge in [-0.1, -0.05) is 57.5 Å². The second-order valence-electron chi connectivity index (χ2n) is 8.28. The second-order valence-corrected chi connectivity index (χ2v) is 9.19. The highest BCUT2D eigenvalue weighted by atomic mass is 79.9.